The Hall–Kier alpha value is -2.56. The molecule has 3 aromatic heterocycles. The lowest BCUT2D eigenvalue weighted by atomic mass is 9.99. The number of hydrogen-bond acceptors (Lipinski definition) is 4. The zero-order valence-corrected chi connectivity index (χ0v) is 11.9. The Labute approximate surface area is 122 Å². The number of rotatable bonds is 2. The second-order valence-corrected chi connectivity index (χ2v) is 5.32. The molecule has 1 aliphatic heterocycles. The largest absolute Gasteiger partial charge is 0.465 e. The highest BCUT2D eigenvalue weighted by atomic mass is 16.3. The van der Waals surface area contributed by atoms with E-state index in [0.29, 0.717) is 0 Å². The van der Waals surface area contributed by atoms with Crippen molar-refractivity contribution in [1.29, 1.82) is 0 Å². The summed E-state index contributed by atoms with van der Waals surface area (Å²) in [5, 5.41) is 4.28. The van der Waals surface area contributed by atoms with Crippen molar-refractivity contribution in [2.24, 2.45) is 0 Å². The van der Waals surface area contributed by atoms with Gasteiger partial charge < -0.3 is 9.32 Å². The number of hydrogen-bond donors (Lipinski definition) is 0. The lowest BCUT2D eigenvalue weighted by Crippen LogP contribution is -2.31. The molecule has 5 nitrogen and oxygen atoms in total. The van der Waals surface area contributed by atoms with E-state index in [2.05, 4.69) is 21.9 Å². The van der Waals surface area contributed by atoms with Crippen molar-refractivity contribution in [3.05, 3.63) is 54.4 Å². The molecule has 0 saturated heterocycles. The molecule has 0 saturated carbocycles. The average molecular weight is 280 g/mol. The molecule has 0 aliphatic carbocycles. The van der Waals surface area contributed by atoms with Crippen molar-refractivity contribution >= 4 is 16.9 Å². The maximum atomic E-state index is 5.58. The minimum Gasteiger partial charge on any atom is -0.465 e. The van der Waals surface area contributed by atoms with E-state index < -0.39 is 0 Å². The van der Waals surface area contributed by atoms with Crippen molar-refractivity contribution in [3.63, 3.8) is 0 Å². The second-order valence-electron chi connectivity index (χ2n) is 5.32. The first kappa shape index (κ1) is 12.2. The van der Waals surface area contributed by atoms with Crippen LogP contribution in [0.4, 0.5) is 5.82 Å². The standard InChI is InChI=1S/C16H16N4O/c1-12-5-8-19(11-13(12)15-3-2-10-21-15)16-14-4-6-18-20(14)9-7-17-16/h2-4,6-7,9-10H,5,8,11H2,1H3. The smallest absolute Gasteiger partial charge is 0.154 e. The molecule has 21 heavy (non-hydrogen) atoms. The van der Waals surface area contributed by atoms with Crippen LogP contribution in [0.2, 0.25) is 0 Å². The molecule has 4 rings (SSSR count). The van der Waals surface area contributed by atoms with E-state index in [1.807, 2.05) is 28.9 Å². The predicted molar refractivity (Wildman–Crippen MR) is 81.1 cm³/mol. The molecular weight excluding hydrogens is 264 g/mol. The summed E-state index contributed by atoms with van der Waals surface area (Å²) in [6.45, 7) is 3.97. The van der Waals surface area contributed by atoms with Gasteiger partial charge in [-0.15, -0.1) is 0 Å². The molecule has 0 spiro atoms. The number of aromatic nitrogens is 3. The Bertz CT molecular complexity index is 801. The zero-order valence-electron chi connectivity index (χ0n) is 11.9. The highest BCUT2D eigenvalue weighted by Gasteiger charge is 2.22. The second kappa shape index (κ2) is 4.77. The van der Waals surface area contributed by atoms with E-state index in [4.69, 9.17) is 4.42 Å². The van der Waals surface area contributed by atoms with Crippen LogP contribution in [0.3, 0.4) is 0 Å². The third-order valence-electron chi connectivity index (χ3n) is 4.04. The Balaban J connectivity index is 1.73. The Kier molecular flexibility index (Phi) is 2.77. The fourth-order valence-corrected chi connectivity index (χ4v) is 2.86. The van der Waals surface area contributed by atoms with Crippen molar-refractivity contribution in [2.45, 2.75) is 13.3 Å². The lowest BCUT2D eigenvalue weighted by Gasteiger charge is -2.30. The van der Waals surface area contributed by atoms with Gasteiger partial charge in [0.2, 0.25) is 0 Å². The highest BCUT2D eigenvalue weighted by Crippen LogP contribution is 2.30. The molecule has 0 radical (unpaired) electrons. The maximum absolute atomic E-state index is 5.58. The Morgan fingerprint density at radius 1 is 1.24 bits per heavy atom. The monoisotopic (exact) mass is 280 g/mol. The van der Waals surface area contributed by atoms with Crippen LogP contribution < -0.4 is 4.90 Å². The van der Waals surface area contributed by atoms with Crippen LogP contribution in [0, 0.1) is 0 Å². The van der Waals surface area contributed by atoms with Crippen molar-refractivity contribution in [2.75, 3.05) is 18.0 Å². The SMILES string of the molecule is CC1=C(c2ccco2)CN(c2nccn3nccc23)CC1. The van der Waals surface area contributed by atoms with E-state index in [9.17, 15) is 0 Å². The van der Waals surface area contributed by atoms with Crippen LogP contribution >= 0.6 is 0 Å². The summed E-state index contributed by atoms with van der Waals surface area (Å²) in [7, 11) is 0. The molecule has 3 aromatic rings. The molecule has 5 heteroatoms. The van der Waals surface area contributed by atoms with Gasteiger partial charge in [0.05, 0.1) is 12.5 Å². The number of fused-ring (bicyclic) bond motifs is 1. The third kappa shape index (κ3) is 2.01. The molecule has 0 N–H and O–H groups in total. The van der Waals surface area contributed by atoms with Gasteiger partial charge in [-0.3, -0.25) is 0 Å². The summed E-state index contributed by atoms with van der Waals surface area (Å²) < 4.78 is 7.44. The van der Waals surface area contributed by atoms with Crippen molar-refractivity contribution in [3.8, 4) is 0 Å². The minimum atomic E-state index is 0.817. The van der Waals surface area contributed by atoms with Crippen LogP contribution in [0.25, 0.3) is 11.1 Å². The van der Waals surface area contributed by atoms with Gasteiger partial charge >= 0.3 is 0 Å². The summed E-state index contributed by atoms with van der Waals surface area (Å²) in [5.41, 5.74) is 3.69. The Morgan fingerprint density at radius 3 is 3.05 bits per heavy atom. The first-order valence-corrected chi connectivity index (χ1v) is 7.09. The van der Waals surface area contributed by atoms with Crippen molar-refractivity contribution in [1.82, 2.24) is 14.6 Å². The van der Waals surface area contributed by atoms with Crippen LogP contribution in [-0.2, 0) is 0 Å². The topological polar surface area (TPSA) is 46.6 Å². The van der Waals surface area contributed by atoms with Gasteiger partial charge in [-0.2, -0.15) is 5.10 Å². The summed E-state index contributed by atoms with van der Waals surface area (Å²) in [4.78, 5) is 6.85. The van der Waals surface area contributed by atoms with E-state index >= 15 is 0 Å². The first-order valence-electron chi connectivity index (χ1n) is 7.09. The quantitative estimate of drug-likeness (QED) is 0.724. The summed E-state index contributed by atoms with van der Waals surface area (Å²) in [6.07, 6.45) is 8.22. The molecular formula is C16H16N4O. The maximum Gasteiger partial charge on any atom is 0.154 e. The van der Waals surface area contributed by atoms with Gasteiger partial charge in [-0.05, 0) is 31.5 Å². The molecule has 106 valence electrons. The highest BCUT2D eigenvalue weighted by molar-refractivity contribution is 5.75. The molecule has 0 aromatic carbocycles. The minimum absolute atomic E-state index is 0.817. The van der Waals surface area contributed by atoms with E-state index in [-0.39, 0.29) is 0 Å². The van der Waals surface area contributed by atoms with Gasteiger partial charge in [0.1, 0.15) is 11.3 Å². The molecule has 1 aliphatic rings. The first-order chi connectivity index (χ1) is 10.3. The normalized spacial score (nSPS) is 16.0. The van der Waals surface area contributed by atoms with Gasteiger partial charge in [-0.25, -0.2) is 9.50 Å². The van der Waals surface area contributed by atoms with Gasteiger partial charge in [0.15, 0.2) is 5.82 Å². The summed E-state index contributed by atoms with van der Waals surface area (Å²) in [6, 6.07) is 5.96. The van der Waals surface area contributed by atoms with Crippen molar-refractivity contribution < 1.29 is 4.42 Å². The molecule has 0 atom stereocenters. The molecule has 0 bridgehead atoms. The van der Waals surface area contributed by atoms with Crippen LogP contribution in [0.1, 0.15) is 19.1 Å². The summed E-state index contributed by atoms with van der Waals surface area (Å²) in [5.74, 6) is 1.93. The average Bonchev–Trinajstić information content (AvgIpc) is 3.18. The van der Waals surface area contributed by atoms with E-state index in [1.165, 1.54) is 11.1 Å². The zero-order chi connectivity index (χ0) is 14.2. The number of anilines is 1. The van der Waals surface area contributed by atoms with E-state index in [1.54, 1.807) is 18.7 Å². The van der Waals surface area contributed by atoms with Gasteiger partial charge in [0.25, 0.3) is 0 Å². The number of nitrogens with zero attached hydrogens (tertiary/aromatic N) is 4. The Morgan fingerprint density at radius 2 is 2.19 bits per heavy atom. The fraction of sp³-hybridized carbons (Fsp3) is 0.250. The van der Waals surface area contributed by atoms with Gasteiger partial charge in [-0.1, -0.05) is 5.57 Å². The van der Waals surface area contributed by atoms with Crippen LogP contribution in [0.5, 0.6) is 0 Å². The van der Waals surface area contributed by atoms with Crippen LogP contribution in [0.15, 0.2) is 53.0 Å². The molecule has 4 heterocycles. The number of furan rings is 1. The fourth-order valence-electron chi connectivity index (χ4n) is 2.86. The molecule has 0 unspecified atom stereocenters. The lowest BCUT2D eigenvalue weighted by molar-refractivity contribution is 0.548. The third-order valence-corrected chi connectivity index (χ3v) is 4.04. The van der Waals surface area contributed by atoms with Gasteiger partial charge in [0, 0.05) is 31.1 Å². The van der Waals surface area contributed by atoms with E-state index in [0.717, 1.165) is 36.6 Å². The predicted octanol–water partition coefficient (Wildman–Crippen LogP) is 3.01. The molecule has 0 amide bonds. The van der Waals surface area contributed by atoms with Crippen LogP contribution in [-0.4, -0.2) is 27.7 Å². The molecule has 0 fully saturated rings. The summed E-state index contributed by atoms with van der Waals surface area (Å²) >= 11 is 0.